The van der Waals surface area contributed by atoms with Crippen LogP contribution in [-0.4, -0.2) is 69.6 Å². The molecule has 1 aromatic rings. The van der Waals surface area contributed by atoms with Crippen LogP contribution in [0.1, 0.15) is 37.8 Å². The van der Waals surface area contributed by atoms with E-state index >= 15 is 0 Å². The number of aliphatic imine (C=N–C) groups is 1. The molecule has 2 aliphatic heterocycles. The molecule has 10 nitrogen and oxygen atoms in total. The monoisotopic (exact) mass is 500 g/mol. The summed E-state index contributed by atoms with van der Waals surface area (Å²) in [5.41, 5.74) is 12.9. The van der Waals surface area contributed by atoms with Crippen molar-refractivity contribution in [3.63, 3.8) is 0 Å². The number of carbonyl (C=O) groups excluding carboxylic acids is 1. The summed E-state index contributed by atoms with van der Waals surface area (Å²) in [5.74, 6) is 0.546. The van der Waals surface area contributed by atoms with E-state index < -0.39 is 5.50 Å². The zero-order valence-corrected chi connectivity index (χ0v) is 20.4. The molecule has 0 bridgehead atoms. The van der Waals surface area contributed by atoms with Gasteiger partial charge in [0.2, 0.25) is 5.95 Å². The summed E-state index contributed by atoms with van der Waals surface area (Å²) in [6.07, 6.45) is 13.0. The van der Waals surface area contributed by atoms with Crippen molar-refractivity contribution in [3.05, 3.63) is 41.9 Å². The van der Waals surface area contributed by atoms with Gasteiger partial charge >= 0.3 is 0 Å². The number of aryl methyl sites for hydroxylation is 1. The molecule has 1 aromatic heterocycles. The summed E-state index contributed by atoms with van der Waals surface area (Å²) in [5, 5.41) is 6.72. The van der Waals surface area contributed by atoms with Crippen molar-refractivity contribution in [1.29, 1.82) is 0 Å². The minimum absolute atomic E-state index is 0.00547. The standard InChI is InChI=1S/C24H33ClN8O2/c25-20-19(14-4-1-5-15(26)12-14)33(23(34)21(32-20)30-16-6-2-7-16)13-18-22(35-18)28-10-3-8-17-9-11-29-24(27)31-17/h1,4-5,9,11,14,16,18-20,22,28H,2-3,6-8,10,12-13,26H2,(H,30,32)(H2,27,29,31). The minimum atomic E-state index is -0.554. The number of nitrogens with zero attached hydrogens (tertiary/aromatic N) is 4. The summed E-state index contributed by atoms with van der Waals surface area (Å²) in [6.45, 7) is 1.22. The quantitative estimate of drug-likeness (QED) is 0.170. The lowest BCUT2D eigenvalue weighted by Gasteiger charge is -2.42. The third-order valence-electron chi connectivity index (χ3n) is 7.03. The van der Waals surface area contributed by atoms with Crippen LogP contribution in [0.2, 0.25) is 0 Å². The largest absolute Gasteiger partial charge is 0.402 e. The molecule has 3 heterocycles. The molecule has 11 heteroatoms. The number of halogens is 1. The Morgan fingerprint density at radius 1 is 1.29 bits per heavy atom. The van der Waals surface area contributed by atoms with Gasteiger partial charge in [0.25, 0.3) is 5.91 Å². The van der Waals surface area contributed by atoms with Gasteiger partial charge in [-0.2, -0.15) is 0 Å². The maximum atomic E-state index is 13.5. The lowest BCUT2D eigenvalue weighted by atomic mass is 9.88. The first-order chi connectivity index (χ1) is 17.0. The van der Waals surface area contributed by atoms with E-state index in [9.17, 15) is 4.79 Å². The van der Waals surface area contributed by atoms with Crippen LogP contribution in [0.3, 0.4) is 0 Å². The molecule has 1 saturated heterocycles. The average molecular weight is 501 g/mol. The topological polar surface area (TPSA) is 147 Å². The lowest BCUT2D eigenvalue weighted by molar-refractivity contribution is -0.128. The van der Waals surface area contributed by atoms with Gasteiger partial charge in [0, 0.05) is 29.5 Å². The first-order valence-corrected chi connectivity index (χ1v) is 12.8. The highest BCUT2D eigenvalue weighted by Gasteiger charge is 2.47. The zero-order valence-electron chi connectivity index (χ0n) is 19.6. The number of nitrogens with one attached hydrogen (secondary N) is 2. The number of rotatable bonds is 9. The number of allylic oxidation sites excluding steroid dienone is 3. The van der Waals surface area contributed by atoms with Gasteiger partial charge in [-0.05, 0) is 57.2 Å². The van der Waals surface area contributed by atoms with Gasteiger partial charge in [0.05, 0.1) is 12.6 Å². The van der Waals surface area contributed by atoms with Gasteiger partial charge < -0.3 is 26.4 Å². The van der Waals surface area contributed by atoms with Crippen molar-refractivity contribution in [3.8, 4) is 0 Å². The van der Waals surface area contributed by atoms with E-state index in [2.05, 4.69) is 31.7 Å². The van der Waals surface area contributed by atoms with Crippen LogP contribution < -0.4 is 22.1 Å². The predicted molar refractivity (Wildman–Crippen MR) is 134 cm³/mol. The van der Waals surface area contributed by atoms with Crippen molar-refractivity contribution in [1.82, 2.24) is 25.5 Å². The van der Waals surface area contributed by atoms with Crippen LogP contribution in [0, 0.1) is 5.92 Å². The Morgan fingerprint density at radius 2 is 2.14 bits per heavy atom. The maximum absolute atomic E-state index is 13.5. The third kappa shape index (κ3) is 5.76. The van der Waals surface area contributed by atoms with Crippen molar-refractivity contribution < 1.29 is 9.53 Å². The molecule has 6 N–H and O–H groups in total. The minimum Gasteiger partial charge on any atom is -0.402 e. The van der Waals surface area contributed by atoms with E-state index in [1.807, 2.05) is 23.1 Å². The number of ether oxygens (including phenoxy) is 1. The normalized spacial score (nSPS) is 30.5. The first-order valence-electron chi connectivity index (χ1n) is 12.4. The van der Waals surface area contributed by atoms with Crippen LogP contribution in [0.5, 0.6) is 0 Å². The molecule has 1 amide bonds. The number of hydrogen-bond acceptors (Lipinski definition) is 9. The van der Waals surface area contributed by atoms with Crippen LogP contribution >= 0.6 is 11.6 Å². The molecular formula is C24H33ClN8O2. The number of epoxide rings is 1. The maximum Gasteiger partial charge on any atom is 0.289 e. The molecule has 5 unspecified atom stereocenters. The van der Waals surface area contributed by atoms with Crippen LogP contribution in [-0.2, 0) is 16.0 Å². The number of nitrogen functional groups attached to an aromatic ring is 1. The van der Waals surface area contributed by atoms with E-state index in [4.69, 9.17) is 27.8 Å². The molecule has 1 saturated carbocycles. The zero-order chi connectivity index (χ0) is 24.4. The lowest BCUT2D eigenvalue weighted by Crippen LogP contribution is -2.60. The Balaban J connectivity index is 1.19. The molecule has 35 heavy (non-hydrogen) atoms. The van der Waals surface area contributed by atoms with E-state index in [0.29, 0.717) is 30.8 Å². The molecule has 0 spiro atoms. The first kappa shape index (κ1) is 24.0. The van der Waals surface area contributed by atoms with E-state index in [0.717, 1.165) is 43.6 Å². The Kier molecular flexibility index (Phi) is 7.22. The second-order valence-corrected chi connectivity index (χ2v) is 10.1. The molecule has 0 aromatic carbocycles. The smallest absolute Gasteiger partial charge is 0.289 e. The second-order valence-electron chi connectivity index (χ2n) is 9.62. The van der Waals surface area contributed by atoms with Gasteiger partial charge in [0.15, 0.2) is 5.84 Å². The summed E-state index contributed by atoms with van der Waals surface area (Å²) < 4.78 is 5.87. The summed E-state index contributed by atoms with van der Waals surface area (Å²) in [4.78, 5) is 28.1. The Morgan fingerprint density at radius 3 is 2.89 bits per heavy atom. The summed E-state index contributed by atoms with van der Waals surface area (Å²) in [7, 11) is 0. The van der Waals surface area contributed by atoms with Crippen LogP contribution in [0.25, 0.3) is 0 Å². The number of aromatic nitrogens is 2. The number of carbonyl (C=O) groups is 1. The number of hydrogen-bond donors (Lipinski definition) is 4. The molecule has 4 aliphatic rings. The third-order valence-corrected chi connectivity index (χ3v) is 7.38. The van der Waals surface area contributed by atoms with Gasteiger partial charge in [0.1, 0.15) is 17.8 Å². The fraction of sp³-hybridized carbons (Fsp3) is 0.583. The highest BCUT2D eigenvalue weighted by atomic mass is 35.5. The number of nitrogens with two attached hydrogens (primary N) is 2. The molecule has 2 fully saturated rings. The second kappa shape index (κ2) is 10.5. The predicted octanol–water partition coefficient (Wildman–Crippen LogP) is 1.04. The van der Waals surface area contributed by atoms with E-state index in [1.54, 1.807) is 6.20 Å². The van der Waals surface area contributed by atoms with Crippen LogP contribution in [0.15, 0.2) is 41.2 Å². The number of amidine groups is 1. The number of amides is 1. The van der Waals surface area contributed by atoms with Crippen molar-refractivity contribution in [2.45, 2.75) is 68.4 Å². The molecule has 5 atom stereocenters. The Labute approximate surface area is 210 Å². The molecular weight excluding hydrogens is 468 g/mol. The van der Waals surface area contributed by atoms with Crippen molar-refractivity contribution in [2.24, 2.45) is 16.6 Å². The Bertz CT molecular complexity index is 1030. The van der Waals surface area contributed by atoms with Crippen LogP contribution in [0.4, 0.5) is 5.95 Å². The fourth-order valence-electron chi connectivity index (χ4n) is 4.85. The average Bonchev–Trinajstić information content (AvgIpc) is 3.54. The van der Waals surface area contributed by atoms with Crippen molar-refractivity contribution in [2.75, 3.05) is 18.8 Å². The van der Waals surface area contributed by atoms with E-state index in [1.165, 1.54) is 6.42 Å². The number of alkyl halides is 1. The van der Waals surface area contributed by atoms with E-state index in [-0.39, 0.29) is 30.2 Å². The molecule has 188 valence electrons. The van der Waals surface area contributed by atoms with Gasteiger partial charge in [-0.3, -0.25) is 10.1 Å². The van der Waals surface area contributed by atoms with Gasteiger partial charge in [-0.15, -0.1) is 0 Å². The SMILES string of the molecule is NC1=CC=CC(C2C(Cl)N=C(NC3CCC3)C(=O)N2CC2OC2NCCCc2ccnc(N)n2)C1. The van der Waals surface area contributed by atoms with Gasteiger partial charge in [-0.1, -0.05) is 23.8 Å². The fourth-order valence-corrected chi connectivity index (χ4v) is 5.27. The molecule has 2 aliphatic carbocycles. The van der Waals surface area contributed by atoms with Gasteiger partial charge in [-0.25, -0.2) is 15.0 Å². The summed E-state index contributed by atoms with van der Waals surface area (Å²) in [6, 6.07) is 1.88. The highest BCUT2D eigenvalue weighted by Crippen LogP contribution is 2.33. The van der Waals surface area contributed by atoms with Crippen molar-refractivity contribution >= 4 is 29.3 Å². The summed E-state index contributed by atoms with van der Waals surface area (Å²) >= 11 is 6.78. The number of anilines is 1. The molecule has 5 rings (SSSR count). The molecule has 0 radical (unpaired) electrons. The highest BCUT2D eigenvalue weighted by molar-refractivity contribution is 6.39. The Hall–Kier alpha value is -2.69.